The number of rotatable bonds is 5. The maximum atomic E-state index is 6.06. The monoisotopic (exact) mass is 260 g/mol. The summed E-state index contributed by atoms with van der Waals surface area (Å²) >= 11 is 1.80. The third-order valence-corrected chi connectivity index (χ3v) is 3.94. The number of nitrogens with two attached hydrogens (primary N) is 1. The van der Waals surface area contributed by atoms with Gasteiger partial charge in [-0.25, -0.2) is 0 Å². The zero-order chi connectivity index (χ0) is 13.0. The first-order valence-electron chi connectivity index (χ1n) is 6.34. The standard InChI is InChI=1S/C15H20N2S/c1-3-17(11-13-7-6-10-18-13)15-9-5-4-8-14(15)12(2)16/h4-10,12H,3,11,16H2,1-2H3/t12-/m1/s1. The summed E-state index contributed by atoms with van der Waals surface area (Å²) in [7, 11) is 0. The van der Waals surface area contributed by atoms with Crippen LogP contribution in [0, 0.1) is 0 Å². The first-order valence-corrected chi connectivity index (χ1v) is 7.22. The zero-order valence-electron chi connectivity index (χ0n) is 11.0. The van der Waals surface area contributed by atoms with E-state index in [0.29, 0.717) is 0 Å². The van der Waals surface area contributed by atoms with Gasteiger partial charge in [-0.2, -0.15) is 0 Å². The summed E-state index contributed by atoms with van der Waals surface area (Å²) < 4.78 is 0. The number of nitrogens with zero attached hydrogens (tertiary/aromatic N) is 1. The van der Waals surface area contributed by atoms with Crippen LogP contribution < -0.4 is 10.6 Å². The molecule has 0 saturated heterocycles. The summed E-state index contributed by atoms with van der Waals surface area (Å²) in [6.07, 6.45) is 0. The lowest BCUT2D eigenvalue weighted by molar-refractivity contribution is 0.781. The molecule has 0 fully saturated rings. The van der Waals surface area contributed by atoms with E-state index < -0.39 is 0 Å². The Hall–Kier alpha value is -1.32. The van der Waals surface area contributed by atoms with E-state index in [1.807, 2.05) is 6.92 Å². The van der Waals surface area contributed by atoms with E-state index in [0.717, 1.165) is 13.1 Å². The van der Waals surface area contributed by atoms with Crippen molar-refractivity contribution in [2.75, 3.05) is 11.4 Å². The molecule has 1 aromatic carbocycles. The molecular formula is C15H20N2S. The normalized spacial score (nSPS) is 12.4. The molecule has 0 bridgehead atoms. The Bertz CT molecular complexity index is 477. The van der Waals surface area contributed by atoms with Gasteiger partial charge in [0.1, 0.15) is 0 Å². The SMILES string of the molecule is CCN(Cc1cccs1)c1ccccc1[C@@H](C)N. The molecule has 0 aliphatic rings. The Morgan fingerprint density at radius 1 is 1.22 bits per heavy atom. The van der Waals surface area contributed by atoms with Crippen molar-refractivity contribution in [2.45, 2.75) is 26.4 Å². The van der Waals surface area contributed by atoms with E-state index in [9.17, 15) is 0 Å². The molecule has 96 valence electrons. The van der Waals surface area contributed by atoms with Gasteiger partial charge >= 0.3 is 0 Å². The molecule has 3 heteroatoms. The van der Waals surface area contributed by atoms with E-state index >= 15 is 0 Å². The lowest BCUT2D eigenvalue weighted by atomic mass is 10.1. The molecule has 0 unspecified atom stereocenters. The van der Waals surface area contributed by atoms with Gasteiger partial charge in [-0.15, -0.1) is 11.3 Å². The number of thiophene rings is 1. The van der Waals surface area contributed by atoms with Gasteiger partial charge in [-0.1, -0.05) is 24.3 Å². The van der Waals surface area contributed by atoms with Gasteiger partial charge in [0.2, 0.25) is 0 Å². The lowest BCUT2D eigenvalue weighted by Crippen LogP contribution is -2.24. The smallest absolute Gasteiger partial charge is 0.0522 e. The summed E-state index contributed by atoms with van der Waals surface area (Å²) in [5.74, 6) is 0. The second kappa shape index (κ2) is 6.03. The number of para-hydroxylation sites is 1. The van der Waals surface area contributed by atoms with Crippen LogP contribution in [0.5, 0.6) is 0 Å². The molecule has 0 amide bonds. The minimum absolute atomic E-state index is 0.0681. The number of hydrogen-bond donors (Lipinski definition) is 1. The number of hydrogen-bond acceptors (Lipinski definition) is 3. The third kappa shape index (κ3) is 2.92. The molecule has 0 spiro atoms. The Morgan fingerprint density at radius 2 is 2.00 bits per heavy atom. The maximum Gasteiger partial charge on any atom is 0.0522 e. The molecule has 2 nitrogen and oxygen atoms in total. The molecule has 2 aromatic rings. The largest absolute Gasteiger partial charge is 0.366 e. The highest BCUT2D eigenvalue weighted by Crippen LogP contribution is 2.27. The predicted molar refractivity (Wildman–Crippen MR) is 80.1 cm³/mol. The van der Waals surface area contributed by atoms with Crippen LogP contribution in [0.1, 0.15) is 30.3 Å². The van der Waals surface area contributed by atoms with Gasteiger partial charge in [-0.05, 0) is 36.9 Å². The highest BCUT2D eigenvalue weighted by molar-refractivity contribution is 7.09. The first-order chi connectivity index (χ1) is 8.72. The van der Waals surface area contributed by atoms with Crippen LogP contribution in [0.3, 0.4) is 0 Å². The van der Waals surface area contributed by atoms with Crippen LogP contribution in [0.2, 0.25) is 0 Å². The quantitative estimate of drug-likeness (QED) is 0.886. The fourth-order valence-electron chi connectivity index (χ4n) is 2.12. The van der Waals surface area contributed by atoms with Crippen LogP contribution in [0.25, 0.3) is 0 Å². The fourth-order valence-corrected chi connectivity index (χ4v) is 2.84. The van der Waals surface area contributed by atoms with E-state index in [2.05, 4.69) is 53.6 Å². The van der Waals surface area contributed by atoms with Crippen LogP contribution in [-0.4, -0.2) is 6.54 Å². The van der Waals surface area contributed by atoms with Crippen molar-refractivity contribution in [3.8, 4) is 0 Å². The Kier molecular flexibility index (Phi) is 4.39. The van der Waals surface area contributed by atoms with Crippen LogP contribution in [0.4, 0.5) is 5.69 Å². The van der Waals surface area contributed by atoms with Crippen molar-refractivity contribution in [2.24, 2.45) is 5.73 Å². The van der Waals surface area contributed by atoms with Crippen molar-refractivity contribution in [3.05, 3.63) is 52.2 Å². The zero-order valence-corrected chi connectivity index (χ0v) is 11.8. The van der Waals surface area contributed by atoms with Gasteiger partial charge in [0.05, 0.1) is 6.54 Å². The first kappa shape index (κ1) is 13.1. The summed E-state index contributed by atoms with van der Waals surface area (Å²) in [4.78, 5) is 3.76. The van der Waals surface area contributed by atoms with E-state index in [1.165, 1.54) is 16.1 Å². The summed E-state index contributed by atoms with van der Waals surface area (Å²) in [6, 6.07) is 12.8. The number of benzene rings is 1. The van der Waals surface area contributed by atoms with Gasteiger partial charge in [0, 0.05) is 23.2 Å². The van der Waals surface area contributed by atoms with E-state index in [1.54, 1.807) is 11.3 Å². The molecule has 0 radical (unpaired) electrons. The summed E-state index contributed by atoms with van der Waals surface area (Å²) in [5, 5.41) is 2.13. The van der Waals surface area contributed by atoms with Crippen molar-refractivity contribution in [1.29, 1.82) is 0 Å². The van der Waals surface area contributed by atoms with Gasteiger partial charge in [0.25, 0.3) is 0 Å². The van der Waals surface area contributed by atoms with E-state index in [4.69, 9.17) is 5.73 Å². The topological polar surface area (TPSA) is 29.3 Å². The number of anilines is 1. The van der Waals surface area contributed by atoms with Gasteiger partial charge in [0.15, 0.2) is 0 Å². The van der Waals surface area contributed by atoms with Crippen molar-refractivity contribution in [1.82, 2.24) is 0 Å². The van der Waals surface area contributed by atoms with Gasteiger partial charge in [-0.3, -0.25) is 0 Å². The molecule has 1 atom stereocenters. The Morgan fingerprint density at radius 3 is 2.61 bits per heavy atom. The molecule has 2 rings (SSSR count). The average Bonchev–Trinajstić information content (AvgIpc) is 2.88. The van der Waals surface area contributed by atoms with Gasteiger partial charge < -0.3 is 10.6 Å². The highest BCUT2D eigenvalue weighted by Gasteiger charge is 2.12. The van der Waals surface area contributed by atoms with Crippen LogP contribution in [-0.2, 0) is 6.54 Å². The Balaban J connectivity index is 2.27. The van der Waals surface area contributed by atoms with Crippen molar-refractivity contribution >= 4 is 17.0 Å². The average molecular weight is 260 g/mol. The maximum absolute atomic E-state index is 6.06. The lowest BCUT2D eigenvalue weighted by Gasteiger charge is -2.26. The highest BCUT2D eigenvalue weighted by atomic mass is 32.1. The third-order valence-electron chi connectivity index (χ3n) is 3.08. The molecule has 0 aliphatic heterocycles. The molecular weight excluding hydrogens is 240 g/mol. The summed E-state index contributed by atoms with van der Waals surface area (Å²) in [6.45, 7) is 6.17. The van der Waals surface area contributed by atoms with Crippen molar-refractivity contribution < 1.29 is 0 Å². The molecule has 0 saturated carbocycles. The van der Waals surface area contributed by atoms with Crippen LogP contribution in [0.15, 0.2) is 41.8 Å². The summed E-state index contributed by atoms with van der Waals surface area (Å²) in [5.41, 5.74) is 8.53. The minimum Gasteiger partial charge on any atom is -0.366 e. The minimum atomic E-state index is 0.0681. The molecule has 1 aromatic heterocycles. The molecule has 0 aliphatic carbocycles. The Labute approximate surface area is 113 Å². The van der Waals surface area contributed by atoms with Crippen molar-refractivity contribution in [3.63, 3.8) is 0 Å². The van der Waals surface area contributed by atoms with E-state index in [-0.39, 0.29) is 6.04 Å². The second-order valence-electron chi connectivity index (χ2n) is 4.44. The predicted octanol–water partition coefficient (Wildman–Crippen LogP) is 3.79. The molecule has 18 heavy (non-hydrogen) atoms. The van der Waals surface area contributed by atoms with Crippen LogP contribution >= 0.6 is 11.3 Å². The molecule has 2 N–H and O–H groups in total. The molecule has 1 heterocycles. The second-order valence-corrected chi connectivity index (χ2v) is 5.47. The fraction of sp³-hybridized carbons (Fsp3) is 0.333.